The quantitative estimate of drug-likeness (QED) is 0.897. The fourth-order valence-corrected chi connectivity index (χ4v) is 4.00. The van der Waals surface area contributed by atoms with Crippen LogP contribution in [-0.4, -0.2) is 41.8 Å². The van der Waals surface area contributed by atoms with Crippen LogP contribution in [0.5, 0.6) is 0 Å². The van der Waals surface area contributed by atoms with Crippen molar-refractivity contribution in [2.45, 2.75) is 44.6 Å². The number of hydrogen-bond acceptors (Lipinski definition) is 2. The number of urea groups is 1. The third kappa shape index (κ3) is 4.47. The van der Waals surface area contributed by atoms with E-state index in [9.17, 15) is 9.90 Å². The number of benzene rings is 1. The van der Waals surface area contributed by atoms with Crippen LogP contribution in [0.3, 0.4) is 0 Å². The summed E-state index contributed by atoms with van der Waals surface area (Å²) in [4.78, 5) is 14.3. The van der Waals surface area contributed by atoms with Gasteiger partial charge < -0.3 is 15.3 Å². The Morgan fingerprint density at radius 1 is 1.17 bits per heavy atom. The largest absolute Gasteiger partial charge is 0.396 e. The molecule has 0 bridgehead atoms. The summed E-state index contributed by atoms with van der Waals surface area (Å²) in [6.07, 6.45) is 6.50. The van der Waals surface area contributed by atoms with Crippen molar-refractivity contribution in [3.05, 3.63) is 35.9 Å². The van der Waals surface area contributed by atoms with E-state index in [4.69, 9.17) is 0 Å². The highest BCUT2D eigenvalue weighted by atomic mass is 16.3. The lowest BCUT2D eigenvalue weighted by Crippen LogP contribution is -2.48. The Labute approximate surface area is 138 Å². The topological polar surface area (TPSA) is 52.6 Å². The molecular formula is C19H28N2O2. The number of amides is 2. The summed E-state index contributed by atoms with van der Waals surface area (Å²) >= 11 is 0. The molecule has 2 fully saturated rings. The SMILES string of the molecule is O=C(NC1CCC(Cc2ccccc2)C1)N1CCCC(CO)C1. The standard InChI is InChI=1S/C19H28N2O2/c22-14-17-7-4-10-21(13-17)19(23)20-18-9-8-16(12-18)11-15-5-2-1-3-6-15/h1-3,5-6,16-18,22H,4,7-14H2,(H,20,23). The summed E-state index contributed by atoms with van der Waals surface area (Å²) in [7, 11) is 0. The lowest BCUT2D eigenvalue weighted by Gasteiger charge is -2.32. The van der Waals surface area contributed by atoms with Crippen molar-refractivity contribution in [1.82, 2.24) is 10.2 Å². The lowest BCUT2D eigenvalue weighted by molar-refractivity contribution is 0.128. The van der Waals surface area contributed by atoms with Gasteiger partial charge in [-0.2, -0.15) is 0 Å². The van der Waals surface area contributed by atoms with E-state index in [0.717, 1.165) is 38.6 Å². The first kappa shape index (κ1) is 16.3. The zero-order chi connectivity index (χ0) is 16.1. The number of aliphatic hydroxyl groups is 1. The van der Waals surface area contributed by atoms with Crippen molar-refractivity contribution < 1.29 is 9.90 Å². The number of nitrogens with zero attached hydrogens (tertiary/aromatic N) is 1. The number of nitrogens with one attached hydrogen (secondary N) is 1. The molecule has 0 aromatic heterocycles. The highest BCUT2D eigenvalue weighted by Gasteiger charge is 2.29. The fourth-order valence-electron chi connectivity index (χ4n) is 4.00. The minimum absolute atomic E-state index is 0.0634. The van der Waals surface area contributed by atoms with Gasteiger partial charge in [-0.25, -0.2) is 4.79 Å². The zero-order valence-electron chi connectivity index (χ0n) is 13.8. The minimum Gasteiger partial charge on any atom is -0.396 e. The maximum Gasteiger partial charge on any atom is 0.317 e. The number of piperidine rings is 1. The van der Waals surface area contributed by atoms with E-state index in [2.05, 4.69) is 35.6 Å². The lowest BCUT2D eigenvalue weighted by atomic mass is 9.98. The predicted octanol–water partition coefficient (Wildman–Crippen LogP) is 2.81. The van der Waals surface area contributed by atoms with E-state index in [1.807, 2.05) is 4.90 Å². The number of rotatable bonds is 4. The summed E-state index contributed by atoms with van der Waals surface area (Å²) in [5.74, 6) is 0.929. The van der Waals surface area contributed by atoms with Gasteiger partial charge in [0.25, 0.3) is 0 Å². The van der Waals surface area contributed by atoms with Crippen molar-refractivity contribution >= 4 is 6.03 Å². The number of aliphatic hydroxyl groups excluding tert-OH is 1. The summed E-state index contributed by atoms with van der Waals surface area (Å²) < 4.78 is 0. The summed E-state index contributed by atoms with van der Waals surface area (Å²) in [5, 5.41) is 12.5. The Morgan fingerprint density at radius 3 is 2.78 bits per heavy atom. The van der Waals surface area contributed by atoms with Crippen LogP contribution in [0.15, 0.2) is 30.3 Å². The second-order valence-electron chi connectivity index (χ2n) is 7.15. The van der Waals surface area contributed by atoms with Crippen LogP contribution < -0.4 is 5.32 Å². The number of carbonyl (C=O) groups excluding carboxylic acids is 1. The van der Waals surface area contributed by atoms with E-state index in [1.54, 1.807) is 0 Å². The summed E-state index contributed by atoms with van der Waals surface area (Å²) in [5.41, 5.74) is 1.39. The molecule has 4 nitrogen and oxygen atoms in total. The van der Waals surface area contributed by atoms with Crippen LogP contribution in [0.1, 0.15) is 37.7 Å². The van der Waals surface area contributed by atoms with Crippen molar-refractivity contribution in [1.29, 1.82) is 0 Å². The Hall–Kier alpha value is -1.55. The van der Waals surface area contributed by atoms with Crippen LogP contribution in [-0.2, 0) is 6.42 Å². The average Bonchev–Trinajstić information content (AvgIpc) is 3.02. The molecule has 2 amide bonds. The van der Waals surface area contributed by atoms with Gasteiger partial charge in [0.1, 0.15) is 0 Å². The van der Waals surface area contributed by atoms with Crippen LogP contribution >= 0.6 is 0 Å². The van der Waals surface area contributed by atoms with Crippen LogP contribution in [0.4, 0.5) is 4.79 Å². The van der Waals surface area contributed by atoms with Crippen molar-refractivity contribution in [3.8, 4) is 0 Å². The Balaban J connectivity index is 1.45. The normalized spacial score (nSPS) is 27.9. The van der Waals surface area contributed by atoms with Crippen molar-refractivity contribution in [2.24, 2.45) is 11.8 Å². The maximum atomic E-state index is 12.4. The predicted molar refractivity (Wildman–Crippen MR) is 91.2 cm³/mol. The monoisotopic (exact) mass is 316 g/mol. The molecule has 0 spiro atoms. The van der Waals surface area contributed by atoms with E-state index in [1.165, 1.54) is 12.0 Å². The molecule has 1 saturated heterocycles. The van der Waals surface area contributed by atoms with Gasteiger partial charge in [0.15, 0.2) is 0 Å². The molecule has 1 aliphatic heterocycles. The molecule has 4 heteroatoms. The van der Waals surface area contributed by atoms with Gasteiger partial charge in [0, 0.05) is 25.7 Å². The van der Waals surface area contributed by atoms with Gasteiger partial charge in [-0.3, -0.25) is 0 Å². The van der Waals surface area contributed by atoms with Gasteiger partial charge in [-0.1, -0.05) is 30.3 Å². The summed E-state index contributed by atoms with van der Waals surface area (Å²) in [6, 6.07) is 11.0. The molecular weight excluding hydrogens is 288 g/mol. The molecule has 2 aliphatic rings. The van der Waals surface area contributed by atoms with E-state index in [0.29, 0.717) is 18.5 Å². The third-order valence-electron chi connectivity index (χ3n) is 5.30. The number of carbonyl (C=O) groups is 1. The Kier molecular flexibility index (Phi) is 5.55. The molecule has 3 unspecified atom stereocenters. The smallest absolute Gasteiger partial charge is 0.317 e. The van der Waals surface area contributed by atoms with Gasteiger partial charge >= 0.3 is 6.03 Å². The average molecular weight is 316 g/mol. The van der Waals surface area contributed by atoms with E-state index >= 15 is 0 Å². The molecule has 126 valence electrons. The molecule has 0 radical (unpaired) electrons. The molecule has 1 heterocycles. The van der Waals surface area contributed by atoms with Gasteiger partial charge in [-0.15, -0.1) is 0 Å². The molecule has 3 atom stereocenters. The van der Waals surface area contributed by atoms with Crippen LogP contribution in [0.2, 0.25) is 0 Å². The van der Waals surface area contributed by atoms with Crippen LogP contribution in [0.25, 0.3) is 0 Å². The van der Waals surface area contributed by atoms with Gasteiger partial charge in [0.05, 0.1) is 0 Å². The minimum atomic E-state index is 0.0634. The second-order valence-corrected chi connectivity index (χ2v) is 7.15. The first-order valence-corrected chi connectivity index (χ1v) is 8.95. The second kappa shape index (κ2) is 7.82. The molecule has 1 aromatic rings. The number of likely N-dealkylation sites (tertiary alicyclic amines) is 1. The maximum absolute atomic E-state index is 12.4. The third-order valence-corrected chi connectivity index (χ3v) is 5.30. The molecule has 1 saturated carbocycles. The van der Waals surface area contributed by atoms with Crippen molar-refractivity contribution in [2.75, 3.05) is 19.7 Å². The van der Waals surface area contributed by atoms with Crippen molar-refractivity contribution in [3.63, 3.8) is 0 Å². The van der Waals surface area contributed by atoms with Gasteiger partial charge in [0.2, 0.25) is 0 Å². The first-order chi connectivity index (χ1) is 11.2. The fraction of sp³-hybridized carbons (Fsp3) is 0.632. The number of hydrogen-bond donors (Lipinski definition) is 2. The van der Waals surface area contributed by atoms with Crippen LogP contribution in [0, 0.1) is 11.8 Å². The first-order valence-electron chi connectivity index (χ1n) is 8.95. The Morgan fingerprint density at radius 2 is 2.00 bits per heavy atom. The zero-order valence-corrected chi connectivity index (χ0v) is 13.8. The molecule has 1 aliphatic carbocycles. The Bertz CT molecular complexity index is 505. The van der Waals surface area contributed by atoms with Gasteiger partial charge in [-0.05, 0) is 55.9 Å². The summed E-state index contributed by atoms with van der Waals surface area (Å²) in [6.45, 7) is 1.71. The van der Waals surface area contributed by atoms with E-state index in [-0.39, 0.29) is 18.6 Å². The van der Waals surface area contributed by atoms with E-state index < -0.39 is 0 Å². The molecule has 3 rings (SSSR count). The molecule has 23 heavy (non-hydrogen) atoms. The highest BCUT2D eigenvalue weighted by molar-refractivity contribution is 5.74. The molecule has 2 N–H and O–H groups in total. The highest BCUT2D eigenvalue weighted by Crippen LogP contribution is 2.29. The molecule has 1 aromatic carbocycles.